The Bertz CT molecular complexity index is 1290. The topological polar surface area (TPSA) is 96.7 Å². The highest BCUT2D eigenvalue weighted by Crippen LogP contribution is 2.40. The molecule has 0 amide bonds. The number of esters is 1. The Balaban J connectivity index is 2.13. The molecule has 182 valence electrons. The maximum Gasteiger partial charge on any atom is 0.313 e. The van der Waals surface area contributed by atoms with E-state index in [1.54, 1.807) is 25.1 Å². The van der Waals surface area contributed by atoms with E-state index in [2.05, 4.69) is 5.92 Å². The van der Waals surface area contributed by atoms with Crippen molar-refractivity contribution in [1.82, 2.24) is 4.98 Å². The number of carbonyl (C=O) groups excluding carboxylic acids is 1. The fraction of sp³-hybridized carbons (Fsp3) is 0.259. The standard InChI is InChI=1S/C27H27FNO5P/c1-5-24(35(32)33)23(30)15-25(31)34-27-20(19-11-12-21(28)17(4)13-19)14-22(29-26(27)16(2)3)18-9-7-6-8-10-18/h1,6-14,16,23-24,30,35H,15H2,2-4H3,(H,32,33). The first kappa shape index (κ1) is 26.3. The number of aromatic nitrogens is 1. The van der Waals surface area contributed by atoms with Crippen molar-refractivity contribution in [2.45, 2.75) is 44.9 Å². The summed E-state index contributed by atoms with van der Waals surface area (Å²) in [6.07, 6.45) is 3.11. The lowest BCUT2D eigenvalue weighted by atomic mass is 9.96. The Kier molecular flexibility index (Phi) is 8.58. The van der Waals surface area contributed by atoms with Gasteiger partial charge in [-0.25, -0.2) is 9.37 Å². The highest BCUT2D eigenvalue weighted by atomic mass is 31.1. The molecule has 0 saturated carbocycles. The second kappa shape index (κ2) is 11.4. The Morgan fingerprint density at radius 2 is 1.86 bits per heavy atom. The molecule has 3 rings (SSSR count). The summed E-state index contributed by atoms with van der Waals surface area (Å²) in [5.41, 5.74) is 2.20. The minimum Gasteiger partial charge on any atom is -0.424 e. The summed E-state index contributed by atoms with van der Waals surface area (Å²) in [5.74, 6) is 0.875. The molecule has 3 atom stereocenters. The number of ether oxygens (including phenoxy) is 1. The van der Waals surface area contributed by atoms with Gasteiger partial charge in [-0.15, -0.1) is 6.42 Å². The zero-order valence-corrected chi connectivity index (χ0v) is 20.7. The van der Waals surface area contributed by atoms with Gasteiger partial charge >= 0.3 is 5.97 Å². The fourth-order valence-electron chi connectivity index (χ4n) is 3.63. The van der Waals surface area contributed by atoms with E-state index >= 15 is 0 Å². The van der Waals surface area contributed by atoms with Crippen molar-refractivity contribution in [3.8, 4) is 40.5 Å². The first-order valence-corrected chi connectivity index (χ1v) is 12.5. The molecule has 0 aliphatic heterocycles. The Morgan fingerprint density at radius 3 is 2.43 bits per heavy atom. The SMILES string of the molecule is C#CC(C(O)CC(=O)Oc1c(-c2ccc(F)c(C)c2)cc(-c2ccccc2)nc1C(C)C)[PH](=O)O. The summed E-state index contributed by atoms with van der Waals surface area (Å²) >= 11 is 0. The number of aliphatic hydroxyl groups is 1. The van der Waals surface area contributed by atoms with E-state index in [0.717, 1.165) is 5.56 Å². The number of rotatable bonds is 8. The number of halogens is 1. The summed E-state index contributed by atoms with van der Waals surface area (Å²) in [4.78, 5) is 26.9. The molecule has 1 aromatic heterocycles. The number of hydrogen-bond acceptors (Lipinski definition) is 5. The molecule has 1 heterocycles. The van der Waals surface area contributed by atoms with Crippen LogP contribution in [0, 0.1) is 25.1 Å². The minimum absolute atomic E-state index is 0.154. The van der Waals surface area contributed by atoms with Gasteiger partial charge < -0.3 is 14.7 Å². The summed E-state index contributed by atoms with van der Waals surface area (Å²) in [6, 6.07) is 15.8. The molecular formula is C27H27FNO5P. The second-order valence-electron chi connectivity index (χ2n) is 8.48. The smallest absolute Gasteiger partial charge is 0.313 e. The molecule has 8 heteroatoms. The van der Waals surface area contributed by atoms with Crippen LogP contribution in [0.4, 0.5) is 4.39 Å². The first-order valence-electron chi connectivity index (χ1n) is 11.1. The lowest BCUT2D eigenvalue weighted by molar-refractivity contribution is -0.136. The molecule has 0 aliphatic carbocycles. The van der Waals surface area contributed by atoms with Gasteiger partial charge in [0.15, 0.2) is 5.75 Å². The number of carbonyl (C=O) groups is 1. The van der Waals surface area contributed by atoms with Crippen LogP contribution in [0.2, 0.25) is 0 Å². The van der Waals surface area contributed by atoms with E-state index in [4.69, 9.17) is 16.1 Å². The van der Waals surface area contributed by atoms with Crippen molar-refractivity contribution < 1.29 is 28.5 Å². The van der Waals surface area contributed by atoms with E-state index in [9.17, 15) is 23.7 Å². The molecule has 0 bridgehead atoms. The van der Waals surface area contributed by atoms with Crippen LogP contribution in [0.5, 0.6) is 5.75 Å². The van der Waals surface area contributed by atoms with Crippen LogP contribution in [0.1, 0.15) is 37.4 Å². The zero-order valence-electron chi connectivity index (χ0n) is 19.7. The van der Waals surface area contributed by atoms with Gasteiger partial charge in [-0.05, 0) is 42.2 Å². The van der Waals surface area contributed by atoms with Gasteiger partial charge in [0.2, 0.25) is 8.03 Å². The van der Waals surface area contributed by atoms with Gasteiger partial charge in [0.1, 0.15) is 11.5 Å². The minimum atomic E-state index is -3.25. The normalized spacial score (nSPS) is 13.7. The largest absolute Gasteiger partial charge is 0.424 e. The molecule has 3 aromatic rings. The maximum atomic E-state index is 14.0. The Hall–Kier alpha value is -3.30. The molecule has 35 heavy (non-hydrogen) atoms. The predicted molar refractivity (Wildman–Crippen MR) is 134 cm³/mol. The summed E-state index contributed by atoms with van der Waals surface area (Å²) in [5, 5.41) is 10.2. The molecule has 0 spiro atoms. The highest BCUT2D eigenvalue weighted by Gasteiger charge is 2.27. The maximum absolute atomic E-state index is 14.0. The van der Waals surface area contributed by atoms with Crippen molar-refractivity contribution in [3.63, 3.8) is 0 Å². The zero-order chi connectivity index (χ0) is 25.7. The van der Waals surface area contributed by atoms with Crippen molar-refractivity contribution >= 4 is 14.0 Å². The summed E-state index contributed by atoms with van der Waals surface area (Å²) < 4.78 is 31.1. The molecule has 2 aromatic carbocycles. The van der Waals surface area contributed by atoms with Crippen molar-refractivity contribution in [2.75, 3.05) is 0 Å². The monoisotopic (exact) mass is 495 g/mol. The average molecular weight is 495 g/mol. The summed E-state index contributed by atoms with van der Waals surface area (Å²) in [6.45, 7) is 5.44. The molecule has 0 fully saturated rings. The van der Waals surface area contributed by atoms with Gasteiger partial charge in [-0.3, -0.25) is 9.36 Å². The third kappa shape index (κ3) is 6.23. The Labute approximate surface area is 204 Å². The average Bonchev–Trinajstić information content (AvgIpc) is 2.81. The molecule has 3 unspecified atom stereocenters. The van der Waals surface area contributed by atoms with E-state index < -0.39 is 32.2 Å². The highest BCUT2D eigenvalue weighted by molar-refractivity contribution is 7.39. The second-order valence-corrected chi connectivity index (χ2v) is 9.78. The number of nitrogens with zero attached hydrogens (tertiary/aromatic N) is 1. The number of aryl methyl sites for hydroxylation is 1. The van der Waals surface area contributed by atoms with Crippen LogP contribution in [0.15, 0.2) is 54.6 Å². The van der Waals surface area contributed by atoms with Gasteiger partial charge in [0.05, 0.1) is 23.9 Å². The van der Waals surface area contributed by atoms with Crippen LogP contribution in [-0.2, 0) is 9.36 Å². The van der Waals surface area contributed by atoms with Crippen LogP contribution < -0.4 is 4.74 Å². The van der Waals surface area contributed by atoms with Crippen LogP contribution in [0.3, 0.4) is 0 Å². The van der Waals surface area contributed by atoms with Crippen LogP contribution >= 0.6 is 8.03 Å². The van der Waals surface area contributed by atoms with E-state index in [1.807, 2.05) is 44.2 Å². The van der Waals surface area contributed by atoms with Crippen LogP contribution in [0.25, 0.3) is 22.4 Å². The van der Waals surface area contributed by atoms with Crippen LogP contribution in [-0.4, -0.2) is 32.7 Å². The summed E-state index contributed by atoms with van der Waals surface area (Å²) in [7, 11) is -3.25. The Morgan fingerprint density at radius 1 is 1.17 bits per heavy atom. The van der Waals surface area contributed by atoms with E-state index in [-0.39, 0.29) is 17.5 Å². The molecule has 0 radical (unpaired) electrons. The third-order valence-electron chi connectivity index (χ3n) is 5.51. The van der Waals surface area contributed by atoms with Crippen molar-refractivity contribution in [3.05, 3.63) is 71.7 Å². The molecule has 6 nitrogen and oxygen atoms in total. The third-order valence-corrected chi connectivity index (χ3v) is 6.59. The number of terminal acetylenes is 1. The molecule has 2 N–H and O–H groups in total. The van der Waals surface area contributed by atoms with Gasteiger partial charge in [0, 0.05) is 11.1 Å². The molecule has 0 aliphatic rings. The number of aliphatic hydroxyl groups excluding tert-OH is 1. The van der Waals surface area contributed by atoms with Crippen molar-refractivity contribution in [1.29, 1.82) is 0 Å². The predicted octanol–water partition coefficient (Wildman–Crippen LogP) is 5.11. The van der Waals surface area contributed by atoms with E-state index in [1.165, 1.54) is 6.07 Å². The molecule has 0 saturated heterocycles. The lowest BCUT2D eigenvalue weighted by Crippen LogP contribution is -2.27. The number of hydrogen-bond donors (Lipinski definition) is 2. The van der Waals surface area contributed by atoms with Gasteiger partial charge in [-0.1, -0.05) is 56.2 Å². The first-order chi connectivity index (χ1) is 16.6. The number of pyridine rings is 1. The van der Waals surface area contributed by atoms with Crippen molar-refractivity contribution in [2.24, 2.45) is 0 Å². The van der Waals surface area contributed by atoms with Gasteiger partial charge in [-0.2, -0.15) is 0 Å². The van der Waals surface area contributed by atoms with Gasteiger partial charge in [0.25, 0.3) is 0 Å². The van der Waals surface area contributed by atoms with E-state index in [0.29, 0.717) is 28.1 Å². The molecular weight excluding hydrogens is 468 g/mol. The quantitative estimate of drug-likeness (QED) is 0.256. The number of benzene rings is 2. The lowest BCUT2D eigenvalue weighted by Gasteiger charge is -2.20. The fourth-order valence-corrected chi connectivity index (χ4v) is 4.22.